The van der Waals surface area contributed by atoms with Crippen LogP contribution in [0.2, 0.25) is 0 Å². The van der Waals surface area contributed by atoms with E-state index in [0.717, 1.165) is 32.0 Å². The van der Waals surface area contributed by atoms with Crippen molar-refractivity contribution in [2.75, 3.05) is 31.6 Å². The maximum absolute atomic E-state index is 4.24. The quantitative estimate of drug-likeness (QED) is 0.778. The molecule has 0 spiro atoms. The molecule has 21 heavy (non-hydrogen) atoms. The van der Waals surface area contributed by atoms with Gasteiger partial charge in [-0.1, -0.05) is 0 Å². The van der Waals surface area contributed by atoms with Crippen LogP contribution in [0.3, 0.4) is 0 Å². The fourth-order valence-corrected chi connectivity index (χ4v) is 2.85. The van der Waals surface area contributed by atoms with Gasteiger partial charge in [0.05, 0.1) is 6.54 Å². The molecule has 1 atom stereocenters. The maximum Gasteiger partial charge on any atom is 0.151 e. The number of nitrogens with zero attached hydrogens (tertiary/aromatic N) is 7. The number of hydrogen-bond acceptors (Lipinski definition) is 6. The highest BCUT2D eigenvalue weighted by Crippen LogP contribution is 2.23. The summed E-state index contributed by atoms with van der Waals surface area (Å²) < 4.78 is 1.87. The molecule has 3 rings (SSSR count). The Bertz CT molecular complexity index is 528. The maximum atomic E-state index is 4.24. The normalized spacial score (nSPS) is 18.6. The summed E-state index contributed by atoms with van der Waals surface area (Å²) in [6.45, 7) is 3.94. The molecule has 3 heterocycles. The van der Waals surface area contributed by atoms with E-state index in [-0.39, 0.29) is 0 Å². The van der Waals surface area contributed by atoms with Gasteiger partial charge in [-0.2, -0.15) is 10.2 Å². The summed E-state index contributed by atoms with van der Waals surface area (Å²) in [4.78, 5) is 8.69. The molecule has 0 radical (unpaired) electrons. The van der Waals surface area contributed by atoms with Gasteiger partial charge < -0.3 is 9.80 Å². The fraction of sp³-hybridized carbons (Fsp3) is 0.571. The van der Waals surface area contributed by atoms with Crippen LogP contribution in [0.15, 0.2) is 31.0 Å². The number of likely N-dealkylation sites (N-methyl/N-ethyl adjacent to an activating group) is 1. The van der Waals surface area contributed by atoms with Crippen molar-refractivity contribution in [3.63, 3.8) is 0 Å². The Kier molecular flexibility index (Phi) is 4.40. The van der Waals surface area contributed by atoms with E-state index in [1.54, 1.807) is 18.9 Å². The van der Waals surface area contributed by atoms with Crippen LogP contribution in [0.1, 0.15) is 12.8 Å². The molecule has 1 saturated heterocycles. The van der Waals surface area contributed by atoms with E-state index in [0.29, 0.717) is 6.04 Å². The molecule has 2 aromatic heterocycles. The first-order chi connectivity index (χ1) is 10.3. The summed E-state index contributed by atoms with van der Waals surface area (Å²) in [5.74, 6) is 0.990. The Balaban J connectivity index is 1.53. The smallest absolute Gasteiger partial charge is 0.151 e. The van der Waals surface area contributed by atoms with E-state index < -0.39 is 0 Å². The molecule has 0 bridgehead atoms. The second-order valence-electron chi connectivity index (χ2n) is 5.49. The summed E-state index contributed by atoms with van der Waals surface area (Å²) in [7, 11) is 2.16. The third kappa shape index (κ3) is 3.55. The van der Waals surface area contributed by atoms with Crippen molar-refractivity contribution in [1.82, 2.24) is 29.9 Å². The Morgan fingerprint density at radius 1 is 1.43 bits per heavy atom. The predicted molar refractivity (Wildman–Crippen MR) is 79.9 cm³/mol. The predicted octanol–water partition coefficient (Wildman–Crippen LogP) is 0.669. The zero-order chi connectivity index (χ0) is 14.5. The summed E-state index contributed by atoms with van der Waals surface area (Å²) in [6.07, 6.45) is 7.49. The molecule has 0 unspecified atom stereocenters. The van der Waals surface area contributed by atoms with Gasteiger partial charge in [0.15, 0.2) is 5.82 Å². The molecule has 112 valence electrons. The van der Waals surface area contributed by atoms with E-state index in [1.165, 1.54) is 12.8 Å². The molecule has 7 nitrogen and oxygen atoms in total. The van der Waals surface area contributed by atoms with Gasteiger partial charge in [0, 0.05) is 31.9 Å². The van der Waals surface area contributed by atoms with Crippen molar-refractivity contribution in [2.45, 2.75) is 25.4 Å². The van der Waals surface area contributed by atoms with Crippen LogP contribution in [0.25, 0.3) is 0 Å². The lowest BCUT2D eigenvalue weighted by Gasteiger charge is -2.29. The van der Waals surface area contributed by atoms with Crippen molar-refractivity contribution < 1.29 is 0 Å². The molecule has 1 fully saturated rings. The molecule has 1 aliphatic rings. The highest BCUT2D eigenvalue weighted by Gasteiger charge is 2.26. The number of aromatic nitrogens is 5. The first-order valence-corrected chi connectivity index (χ1v) is 7.38. The van der Waals surface area contributed by atoms with Gasteiger partial charge in [0.1, 0.15) is 12.7 Å². The van der Waals surface area contributed by atoms with Crippen molar-refractivity contribution >= 4 is 5.82 Å². The average Bonchev–Trinajstić information content (AvgIpc) is 3.17. The van der Waals surface area contributed by atoms with Crippen LogP contribution in [0, 0.1) is 0 Å². The van der Waals surface area contributed by atoms with E-state index in [4.69, 9.17) is 0 Å². The number of hydrogen-bond donors (Lipinski definition) is 0. The van der Waals surface area contributed by atoms with E-state index in [1.807, 2.05) is 16.8 Å². The molecular formula is C14H21N7. The molecule has 0 aliphatic carbocycles. The zero-order valence-electron chi connectivity index (χ0n) is 12.3. The Labute approximate surface area is 124 Å². The van der Waals surface area contributed by atoms with Gasteiger partial charge in [0.2, 0.25) is 0 Å². The molecule has 0 amide bonds. The summed E-state index contributed by atoms with van der Waals surface area (Å²) in [5.41, 5.74) is 0. The van der Waals surface area contributed by atoms with Crippen LogP contribution >= 0.6 is 0 Å². The minimum atomic E-state index is 0.516. The van der Waals surface area contributed by atoms with Gasteiger partial charge in [-0.25, -0.2) is 4.98 Å². The second-order valence-corrected chi connectivity index (χ2v) is 5.49. The van der Waals surface area contributed by atoms with Crippen LogP contribution in [0.4, 0.5) is 5.82 Å². The van der Waals surface area contributed by atoms with Gasteiger partial charge in [0.25, 0.3) is 0 Å². The van der Waals surface area contributed by atoms with Crippen molar-refractivity contribution in [2.24, 2.45) is 0 Å². The van der Waals surface area contributed by atoms with E-state index in [2.05, 4.69) is 37.1 Å². The monoisotopic (exact) mass is 287 g/mol. The number of anilines is 1. The summed E-state index contributed by atoms with van der Waals surface area (Å²) in [6, 6.07) is 4.51. The van der Waals surface area contributed by atoms with Crippen LogP contribution in [-0.2, 0) is 6.54 Å². The molecule has 0 aromatic carbocycles. The number of rotatable bonds is 6. The zero-order valence-corrected chi connectivity index (χ0v) is 12.3. The lowest BCUT2D eigenvalue weighted by molar-refractivity contribution is 0.292. The van der Waals surface area contributed by atoms with Crippen LogP contribution < -0.4 is 4.90 Å². The molecule has 7 heteroatoms. The third-order valence-electron chi connectivity index (χ3n) is 3.93. The first-order valence-electron chi connectivity index (χ1n) is 7.38. The lowest BCUT2D eigenvalue weighted by Crippen LogP contribution is -2.40. The van der Waals surface area contributed by atoms with Crippen molar-refractivity contribution in [1.29, 1.82) is 0 Å². The van der Waals surface area contributed by atoms with Crippen molar-refractivity contribution in [3.8, 4) is 0 Å². The Hall–Kier alpha value is -2.02. The topological polar surface area (TPSA) is 63.0 Å². The summed E-state index contributed by atoms with van der Waals surface area (Å²) >= 11 is 0. The molecule has 0 N–H and O–H groups in total. The van der Waals surface area contributed by atoms with Crippen LogP contribution in [-0.4, -0.2) is 62.6 Å². The highest BCUT2D eigenvalue weighted by molar-refractivity contribution is 5.39. The van der Waals surface area contributed by atoms with Gasteiger partial charge in [-0.3, -0.25) is 4.68 Å². The van der Waals surface area contributed by atoms with E-state index in [9.17, 15) is 0 Å². The highest BCUT2D eigenvalue weighted by atomic mass is 15.3. The Morgan fingerprint density at radius 2 is 2.38 bits per heavy atom. The lowest BCUT2D eigenvalue weighted by atomic mass is 10.2. The van der Waals surface area contributed by atoms with Crippen molar-refractivity contribution in [3.05, 3.63) is 31.0 Å². The largest absolute Gasteiger partial charge is 0.351 e. The second kappa shape index (κ2) is 6.62. The average molecular weight is 287 g/mol. The SMILES string of the molecule is CN(CCn1cncn1)C[C@@H]1CCCN1c1cccnn1. The van der Waals surface area contributed by atoms with Gasteiger partial charge in [-0.05, 0) is 32.0 Å². The summed E-state index contributed by atoms with van der Waals surface area (Å²) in [5, 5.41) is 12.4. The molecular weight excluding hydrogens is 266 g/mol. The van der Waals surface area contributed by atoms with Gasteiger partial charge >= 0.3 is 0 Å². The molecule has 2 aromatic rings. The van der Waals surface area contributed by atoms with Gasteiger partial charge in [-0.15, -0.1) is 5.10 Å². The van der Waals surface area contributed by atoms with Crippen LogP contribution in [0.5, 0.6) is 0 Å². The standard InChI is InChI=1S/C14H21N7/c1-19(8-9-20-12-15-11-17-20)10-13-4-3-7-21(13)14-5-2-6-16-18-14/h2,5-6,11-13H,3-4,7-10H2,1H3/t13-/m0/s1. The molecule has 0 saturated carbocycles. The first kappa shape index (κ1) is 13.9. The third-order valence-corrected chi connectivity index (χ3v) is 3.93. The minimum Gasteiger partial charge on any atom is -0.351 e. The van der Waals surface area contributed by atoms with E-state index >= 15 is 0 Å². The molecule has 1 aliphatic heterocycles. The Morgan fingerprint density at radius 3 is 3.14 bits per heavy atom. The fourth-order valence-electron chi connectivity index (χ4n) is 2.85. The minimum absolute atomic E-state index is 0.516.